The monoisotopic (exact) mass is 269 g/mol. The van der Waals surface area contributed by atoms with Crippen LogP contribution in [0.4, 0.5) is 8.78 Å². The van der Waals surface area contributed by atoms with Gasteiger partial charge in [-0.3, -0.25) is 4.79 Å². The van der Waals surface area contributed by atoms with Gasteiger partial charge in [-0.15, -0.1) is 0 Å². The molecule has 0 heterocycles. The third-order valence-corrected chi connectivity index (χ3v) is 3.66. The fourth-order valence-electron chi connectivity index (χ4n) is 2.54. The third-order valence-electron chi connectivity index (χ3n) is 3.66. The smallest absolute Gasteiger partial charge is 0.254 e. The van der Waals surface area contributed by atoms with Gasteiger partial charge in [0.05, 0.1) is 5.56 Å². The number of aliphatic hydroxyl groups excluding tert-OH is 1. The van der Waals surface area contributed by atoms with Crippen molar-refractivity contribution in [3.63, 3.8) is 0 Å². The molecule has 0 aliphatic heterocycles. The molecule has 1 aromatic carbocycles. The van der Waals surface area contributed by atoms with Crippen molar-refractivity contribution < 1.29 is 18.7 Å². The maximum atomic E-state index is 13.5. The molecule has 2 atom stereocenters. The quantitative estimate of drug-likeness (QED) is 0.884. The number of aliphatic hydroxyl groups is 1. The maximum absolute atomic E-state index is 13.5. The summed E-state index contributed by atoms with van der Waals surface area (Å²) >= 11 is 0. The van der Waals surface area contributed by atoms with Gasteiger partial charge in [0, 0.05) is 18.6 Å². The molecule has 19 heavy (non-hydrogen) atoms. The molecule has 2 unspecified atom stereocenters. The molecule has 1 amide bonds. The first-order chi connectivity index (χ1) is 9.13. The minimum Gasteiger partial charge on any atom is -0.396 e. The van der Waals surface area contributed by atoms with Gasteiger partial charge in [-0.25, -0.2) is 8.78 Å². The molecule has 1 aliphatic rings. The molecule has 0 aromatic heterocycles. The van der Waals surface area contributed by atoms with E-state index in [2.05, 4.69) is 5.32 Å². The first-order valence-electron chi connectivity index (χ1n) is 6.49. The number of amides is 1. The predicted octanol–water partition coefficient (Wildman–Crippen LogP) is 2.25. The average molecular weight is 269 g/mol. The van der Waals surface area contributed by atoms with E-state index in [1.807, 2.05) is 0 Å². The highest BCUT2D eigenvalue weighted by molar-refractivity contribution is 5.94. The van der Waals surface area contributed by atoms with E-state index in [1.165, 1.54) is 12.1 Å². The Hall–Kier alpha value is -1.49. The van der Waals surface area contributed by atoms with Crippen molar-refractivity contribution in [1.82, 2.24) is 5.32 Å². The van der Waals surface area contributed by atoms with Crippen LogP contribution < -0.4 is 5.32 Å². The Bertz CT molecular complexity index is 465. The summed E-state index contributed by atoms with van der Waals surface area (Å²) in [5.41, 5.74) is -0.290. The minimum absolute atomic E-state index is 0.00339. The van der Waals surface area contributed by atoms with Crippen molar-refractivity contribution in [1.29, 1.82) is 0 Å². The van der Waals surface area contributed by atoms with Gasteiger partial charge < -0.3 is 10.4 Å². The van der Waals surface area contributed by atoms with Crippen LogP contribution >= 0.6 is 0 Å². The minimum atomic E-state index is -1.13. The van der Waals surface area contributed by atoms with E-state index < -0.39 is 17.5 Å². The third kappa shape index (κ3) is 3.10. The molecule has 3 nitrogen and oxygen atoms in total. The van der Waals surface area contributed by atoms with Crippen LogP contribution in [0.15, 0.2) is 18.2 Å². The second-order valence-electron chi connectivity index (χ2n) is 4.91. The number of halogens is 2. The normalized spacial score (nSPS) is 23.1. The summed E-state index contributed by atoms with van der Waals surface area (Å²) in [5.74, 6) is -2.79. The summed E-state index contributed by atoms with van der Waals surface area (Å²) in [4.78, 5) is 11.9. The zero-order valence-electron chi connectivity index (χ0n) is 10.5. The van der Waals surface area contributed by atoms with Gasteiger partial charge in [0.25, 0.3) is 5.91 Å². The molecule has 1 aromatic rings. The fourth-order valence-corrected chi connectivity index (χ4v) is 2.54. The highest BCUT2D eigenvalue weighted by Gasteiger charge is 2.27. The molecular formula is C14H17F2NO2. The summed E-state index contributed by atoms with van der Waals surface area (Å²) in [6.07, 6.45) is 3.58. The number of carbonyl (C=O) groups is 1. The Labute approximate surface area is 110 Å². The SMILES string of the molecule is O=C(NC1CCCCC1CO)c1cccc(F)c1F. The van der Waals surface area contributed by atoms with Crippen molar-refractivity contribution in [3.8, 4) is 0 Å². The van der Waals surface area contributed by atoms with Crippen LogP contribution in [0.5, 0.6) is 0 Å². The largest absolute Gasteiger partial charge is 0.396 e. The van der Waals surface area contributed by atoms with Gasteiger partial charge in [0.1, 0.15) is 0 Å². The van der Waals surface area contributed by atoms with E-state index in [0.717, 1.165) is 31.7 Å². The van der Waals surface area contributed by atoms with Crippen LogP contribution in [0.3, 0.4) is 0 Å². The molecule has 0 bridgehead atoms. The molecular weight excluding hydrogens is 252 g/mol. The Morgan fingerprint density at radius 1 is 1.32 bits per heavy atom. The predicted molar refractivity (Wildman–Crippen MR) is 66.7 cm³/mol. The maximum Gasteiger partial charge on any atom is 0.254 e. The number of carbonyl (C=O) groups excluding carboxylic acids is 1. The first kappa shape index (κ1) is 13.9. The van der Waals surface area contributed by atoms with E-state index >= 15 is 0 Å². The number of hydrogen-bond donors (Lipinski definition) is 2. The molecule has 104 valence electrons. The van der Waals surface area contributed by atoms with E-state index in [0.29, 0.717) is 0 Å². The van der Waals surface area contributed by atoms with Crippen LogP contribution in [0, 0.1) is 17.6 Å². The second-order valence-corrected chi connectivity index (χ2v) is 4.91. The topological polar surface area (TPSA) is 49.3 Å². The Kier molecular flexibility index (Phi) is 4.47. The molecule has 1 saturated carbocycles. The molecule has 1 aliphatic carbocycles. The van der Waals surface area contributed by atoms with Gasteiger partial charge in [-0.2, -0.15) is 0 Å². The van der Waals surface area contributed by atoms with Gasteiger partial charge in [0.2, 0.25) is 0 Å². The number of benzene rings is 1. The number of hydrogen-bond acceptors (Lipinski definition) is 2. The van der Waals surface area contributed by atoms with E-state index in [1.54, 1.807) is 0 Å². The molecule has 0 radical (unpaired) electrons. The lowest BCUT2D eigenvalue weighted by Crippen LogP contribution is -2.43. The standard InChI is InChI=1S/C14H17F2NO2/c15-11-6-3-5-10(13(11)16)14(19)17-12-7-2-1-4-9(12)8-18/h3,5-6,9,12,18H,1-2,4,7-8H2,(H,17,19). The highest BCUT2D eigenvalue weighted by Crippen LogP contribution is 2.24. The van der Waals surface area contributed by atoms with Gasteiger partial charge >= 0.3 is 0 Å². The Morgan fingerprint density at radius 3 is 2.79 bits per heavy atom. The highest BCUT2D eigenvalue weighted by atomic mass is 19.2. The van der Waals surface area contributed by atoms with Gasteiger partial charge in [-0.05, 0) is 25.0 Å². The lowest BCUT2D eigenvalue weighted by atomic mass is 9.85. The second kappa shape index (κ2) is 6.10. The Morgan fingerprint density at radius 2 is 2.05 bits per heavy atom. The van der Waals surface area contributed by atoms with E-state index in [-0.39, 0.29) is 24.1 Å². The summed E-state index contributed by atoms with van der Waals surface area (Å²) in [6.45, 7) is -0.00339. The summed E-state index contributed by atoms with van der Waals surface area (Å²) in [7, 11) is 0. The molecule has 5 heteroatoms. The number of rotatable bonds is 3. The lowest BCUT2D eigenvalue weighted by molar-refractivity contribution is 0.0867. The zero-order valence-corrected chi connectivity index (χ0v) is 10.5. The van der Waals surface area contributed by atoms with Crippen LogP contribution in [-0.2, 0) is 0 Å². The fraction of sp³-hybridized carbons (Fsp3) is 0.500. The molecule has 2 rings (SSSR count). The van der Waals surface area contributed by atoms with Crippen molar-refractivity contribution in [2.45, 2.75) is 31.7 Å². The molecule has 2 N–H and O–H groups in total. The summed E-state index contributed by atoms with van der Waals surface area (Å²) in [5, 5.41) is 12.0. The average Bonchev–Trinajstić information content (AvgIpc) is 2.42. The molecule has 0 spiro atoms. The molecule has 1 fully saturated rings. The summed E-state index contributed by atoms with van der Waals surface area (Å²) in [6, 6.07) is 3.36. The zero-order chi connectivity index (χ0) is 13.8. The summed E-state index contributed by atoms with van der Waals surface area (Å²) < 4.78 is 26.6. The number of nitrogens with one attached hydrogen (secondary N) is 1. The van der Waals surface area contributed by atoms with E-state index in [9.17, 15) is 18.7 Å². The van der Waals surface area contributed by atoms with Crippen LogP contribution in [0.1, 0.15) is 36.0 Å². The Balaban J connectivity index is 2.09. The molecule has 0 saturated heterocycles. The van der Waals surface area contributed by atoms with Gasteiger partial charge in [0.15, 0.2) is 11.6 Å². The lowest BCUT2D eigenvalue weighted by Gasteiger charge is -2.30. The van der Waals surface area contributed by atoms with E-state index in [4.69, 9.17) is 0 Å². The van der Waals surface area contributed by atoms with Crippen molar-refractivity contribution in [2.75, 3.05) is 6.61 Å². The van der Waals surface area contributed by atoms with Gasteiger partial charge in [-0.1, -0.05) is 18.9 Å². The van der Waals surface area contributed by atoms with Crippen molar-refractivity contribution in [2.24, 2.45) is 5.92 Å². The van der Waals surface area contributed by atoms with Crippen LogP contribution in [0.25, 0.3) is 0 Å². The van der Waals surface area contributed by atoms with Crippen molar-refractivity contribution in [3.05, 3.63) is 35.4 Å². The van der Waals surface area contributed by atoms with Crippen molar-refractivity contribution >= 4 is 5.91 Å². The first-order valence-corrected chi connectivity index (χ1v) is 6.49. The van der Waals surface area contributed by atoms with Crippen LogP contribution in [0.2, 0.25) is 0 Å². The van der Waals surface area contributed by atoms with Crippen LogP contribution in [-0.4, -0.2) is 23.7 Å².